The van der Waals surface area contributed by atoms with Crippen LogP contribution >= 0.6 is 15.9 Å². The van der Waals surface area contributed by atoms with E-state index in [4.69, 9.17) is 4.74 Å². The van der Waals surface area contributed by atoms with Gasteiger partial charge in [0.1, 0.15) is 12.1 Å². The SMILES string of the molecule is C=CC(=O)Nc1cc(Nc2ncnc(Nc3cccc(Br)c3)n2)c(OC)cc1N1CCN(C(C)=O)CC1. The number of nitrogens with one attached hydrogen (secondary N) is 3. The molecule has 1 aromatic heterocycles. The zero-order valence-corrected chi connectivity index (χ0v) is 22.1. The molecular weight excluding hydrogens is 540 g/mol. The molecule has 1 aliphatic heterocycles. The minimum atomic E-state index is -0.347. The van der Waals surface area contributed by atoms with E-state index in [1.807, 2.05) is 30.3 Å². The predicted octanol–water partition coefficient (Wildman–Crippen LogP) is 3.92. The van der Waals surface area contributed by atoms with E-state index in [1.54, 1.807) is 25.0 Å². The molecule has 0 spiro atoms. The van der Waals surface area contributed by atoms with Gasteiger partial charge in [0, 0.05) is 49.3 Å². The molecule has 0 atom stereocenters. The zero-order valence-electron chi connectivity index (χ0n) is 20.5. The third-order valence-corrected chi connectivity index (χ3v) is 6.22. The Morgan fingerprint density at radius 3 is 2.43 bits per heavy atom. The van der Waals surface area contributed by atoms with Crippen molar-refractivity contribution in [3.8, 4) is 5.75 Å². The first-order valence-electron chi connectivity index (χ1n) is 11.5. The molecular formula is C25H27BrN8O3. The molecule has 0 aliphatic carbocycles. The summed E-state index contributed by atoms with van der Waals surface area (Å²) in [5.74, 6) is 0.871. The van der Waals surface area contributed by atoms with Crippen molar-refractivity contribution < 1.29 is 14.3 Å². The lowest BCUT2D eigenvalue weighted by Gasteiger charge is -2.36. The number of carbonyl (C=O) groups is 2. The van der Waals surface area contributed by atoms with E-state index in [9.17, 15) is 9.59 Å². The number of carbonyl (C=O) groups excluding carboxylic acids is 2. The molecule has 0 bridgehead atoms. The minimum Gasteiger partial charge on any atom is -0.494 e. The number of anilines is 6. The highest BCUT2D eigenvalue weighted by atomic mass is 79.9. The Morgan fingerprint density at radius 1 is 1.05 bits per heavy atom. The average molecular weight is 567 g/mol. The summed E-state index contributed by atoms with van der Waals surface area (Å²) in [6.07, 6.45) is 2.60. The summed E-state index contributed by atoms with van der Waals surface area (Å²) >= 11 is 3.45. The van der Waals surface area contributed by atoms with Crippen LogP contribution in [-0.2, 0) is 9.59 Å². The smallest absolute Gasteiger partial charge is 0.247 e. The van der Waals surface area contributed by atoms with Crippen molar-refractivity contribution >= 4 is 62.4 Å². The van der Waals surface area contributed by atoms with Crippen LogP contribution in [0, 0.1) is 0 Å². The number of benzene rings is 2. The van der Waals surface area contributed by atoms with Crippen LogP contribution in [0.15, 0.2) is 59.9 Å². The molecule has 3 N–H and O–H groups in total. The first-order chi connectivity index (χ1) is 17.9. The van der Waals surface area contributed by atoms with Gasteiger partial charge < -0.3 is 30.5 Å². The Balaban J connectivity index is 1.62. The molecule has 4 rings (SSSR count). The summed E-state index contributed by atoms with van der Waals surface area (Å²) in [5, 5.41) is 9.18. The van der Waals surface area contributed by atoms with Crippen molar-refractivity contribution in [3.63, 3.8) is 0 Å². The number of halogens is 1. The standard InChI is InChI=1S/C25H27BrN8O3/c1-4-23(36)30-19-13-20(22(37-3)14-21(19)34-10-8-33(9-11-34)16(2)35)31-25-28-15-27-24(32-25)29-18-7-5-6-17(26)12-18/h4-7,12-15H,1,8-11H2,2-3H3,(H,30,36)(H2,27,28,29,31,32). The first-order valence-corrected chi connectivity index (χ1v) is 12.3. The lowest BCUT2D eigenvalue weighted by Crippen LogP contribution is -2.48. The molecule has 1 fully saturated rings. The fourth-order valence-corrected chi connectivity index (χ4v) is 4.28. The lowest BCUT2D eigenvalue weighted by molar-refractivity contribution is -0.129. The summed E-state index contributed by atoms with van der Waals surface area (Å²) < 4.78 is 6.58. The monoisotopic (exact) mass is 566 g/mol. The molecule has 1 aliphatic rings. The van der Waals surface area contributed by atoms with E-state index in [1.165, 1.54) is 12.4 Å². The normalized spacial score (nSPS) is 13.1. The van der Waals surface area contributed by atoms with Crippen LogP contribution in [0.5, 0.6) is 5.75 Å². The largest absolute Gasteiger partial charge is 0.494 e. The lowest BCUT2D eigenvalue weighted by atomic mass is 10.1. The van der Waals surface area contributed by atoms with E-state index in [0.29, 0.717) is 49.3 Å². The number of hydrogen-bond acceptors (Lipinski definition) is 9. The second-order valence-electron chi connectivity index (χ2n) is 8.15. The average Bonchev–Trinajstić information content (AvgIpc) is 2.89. The Labute approximate surface area is 223 Å². The summed E-state index contributed by atoms with van der Waals surface area (Å²) in [7, 11) is 1.56. The van der Waals surface area contributed by atoms with Crippen molar-refractivity contribution in [2.45, 2.75) is 6.92 Å². The van der Waals surface area contributed by atoms with Crippen molar-refractivity contribution in [2.24, 2.45) is 0 Å². The Morgan fingerprint density at radius 2 is 1.78 bits per heavy atom. The Bertz CT molecular complexity index is 1310. The van der Waals surface area contributed by atoms with Crippen molar-refractivity contribution in [3.05, 3.63) is 59.9 Å². The minimum absolute atomic E-state index is 0.0445. The number of methoxy groups -OCH3 is 1. The van der Waals surface area contributed by atoms with Gasteiger partial charge in [-0.25, -0.2) is 9.97 Å². The van der Waals surface area contributed by atoms with Gasteiger partial charge in [0.05, 0.1) is 24.2 Å². The summed E-state index contributed by atoms with van der Waals surface area (Å²) in [5.41, 5.74) is 2.69. The predicted molar refractivity (Wildman–Crippen MR) is 147 cm³/mol. The number of ether oxygens (including phenoxy) is 1. The number of nitrogens with zero attached hydrogens (tertiary/aromatic N) is 5. The molecule has 2 heterocycles. The van der Waals surface area contributed by atoms with Crippen molar-refractivity contribution in [1.29, 1.82) is 0 Å². The molecule has 2 amide bonds. The van der Waals surface area contributed by atoms with Crippen LogP contribution < -0.4 is 25.6 Å². The quantitative estimate of drug-likeness (QED) is 0.348. The summed E-state index contributed by atoms with van der Waals surface area (Å²) in [6, 6.07) is 11.2. The van der Waals surface area contributed by atoms with E-state index in [2.05, 4.69) is 58.3 Å². The maximum Gasteiger partial charge on any atom is 0.247 e. The number of rotatable bonds is 8. The molecule has 1 saturated heterocycles. The van der Waals surface area contributed by atoms with E-state index < -0.39 is 0 Å². The van der Waals surface area contributed by atoms with Crippen LogP contribution in [0.1, 0.15) is 6.92 Å². The van der Waals surface area contributed by atoms with Crippen LogP contribution in [-0.4, -0.2) is 65.0 Å². The van der Waals surface area contributed by atoms with Crippen LogP contribution in [0.4, 0.5) is 34.6 Å². The zero-order chi connectivity index (χ0) is 26.4. The van der Waals surface area contributed by atoms with Gasteiger partial charge in [0.2, 0.25) is 23.7 Å². The Hall–Kier alpha value is -4.19. The summed E-state index contributed by atoms with van der Waals surface area (Å²) in [6.45, 7) is 7.53. The van der Waals surface area contributed by atoms with E-state index in [0.717, 1.165) is 15.8 Å². The molecule has 37 heavy (non-hydrogen) atoms. The topological polar surface area (TPSA) is 125 Å². The van der Waals surface area contributed by atoms with E-state index in [-0.39, 0.29) is 17.8 Å². The second kappa shape index (κ2) is 11.7. The van der Waals surface area contributed by atoms with Gasteiger partial charge in [-0.1, -0.05) is 28.6 Å². The molecule has 12 heteroatoms. The fraction of sp³-hybridized carbons (Fsp3) is 0.240. The first kappa shape index (κ1) is 25.9. The molecule has 0 radical (unpaired) electrons. The van der Waals surface area contributed by atoms with Gasteiger partial charge >= 0.3 is 0 Å². The van der Waals surface area contributed by atoms with Crippen LogP contribution in [0.3, 0.4) is 0 Å². The molecule has 2 aromatic carbocycles. The van der Waals surface area contributed by atoms with Gasteiger partial charge in [0.15, 0.2) is 0 Å². The Kier molecular flexibility index (Phi) is 8.18. The van der Waals surface area contributed by atoms with Crippen LogP contribution in [0.25, 0.3) is 0 Å². The van der Waals surface area contributed by atoms with Crippen molar-refractivity contribution in [1.82, 2.24) is 19.9 Å². The molecule has 11 nitrogen and oxygen atoms in total. The molecule has 0 saturated carbocycles. The number of aromatic nitrogens is 3. The molecule has 3 aromatic rings. The summed E-state index contributed by atoms with van der Waals surface area (Å²) in [4.78, 5) is 40.7. The highest BCUT2D eigenvalue weighted by Gasteiger charge is 2.23. The number of hydrogen-bond donors (Lipinski definition) is 3. The molecule has 192 valence electrons. The maximum absolute atomic E-state index is 12.2. The second-order valence-corrected chi connectivity index (χ2v) is 9.06. The van der Waals surface area contributed by atoms with E-state index >= 15 is 0 Å². The van der Waals surface area contributed by atoms with Gasteiger partial charge in [-0.2, -0.15) is 4.98 Å². The number of piperazine rings is 1. The number of amides is 2. The van der Waals surface area contributed by atoms with Gasteiger partial charge in [-0.05, 0) is 30.3 Å². The van der Waals surface area contributed by atoms with Gasteiger partial charge in [0.25, 0.3) is 0 Å². The third-order valence-electron chi connectivity index (χ3n) is 5.73. The third kappa shape index (κ3) is 6.53. The molecule has 0 unspecified atom stereocenters. The highest BCUT2D eigenvalue weighted by molar-refractivity contribution is 9.10. The van der Waals surface area contributed by atoms with Crippen molar-refractivity contribution in [2.75, 3.05) is 54.1 Å². The van der Waals surface area contributed by atoms with Gasteiger partial charge in [-0.15, -0.1) is 0 Å². The fourth-order valence-electron chi connectivity index (χ4n) is 3.88. The van der Waals surface area contributed by atoms with Crippen LogP contribution in [0.2, 0.25) is 0 Å². The van der Waals surface area contributed by atoms with Gasteiger partial charge in [-0.3, -0.25) is 9.59 Å². The highest BCUT2D eigenvalue weighted by Crippen LogP contribution is 2.38. The maximum atomic E-state index is 12.2.